The van der Waals surface area contributed by atoms with Gasteiger partial charge in [0.15, 0.2) is 0 Å². The summed E-state index contributed by atoms with van der Waals surface area (Å²) in [4.78, 5) is 0. The Kier molecular flexibility index (Phi) is 2.09. The van der Waals surface area contributed by atoms with Crippen LogP contribution in [0, 0.1) is 5.92 Å². The molecule has 0 aliphatic heterocycles. The molecule has 0 saturated heterocycles. The lowest BCUT2D eigenvalue weighted by molar-refractivity contribution is 0.0826. The van der Waals surface area contributed by atoms with E-state index in [-0.39, 0.29) is 12.0 Å². The van der Waals surface area contributed by atoms with Crippen LogP contribution >= 0.6 is 0 Å². The minimum Gasteiger partial charge on any atom is -0.512 e. The molecule has 2 unspecified atom stereocenters. The molecule has 0 bridgehead atoms. The van der Waals surface area contributed by atoms with E-state index in [1.165, 1.54) is 0 Å². The number of aliphatic hydroxyl groups is 2. The fourth-order valence-electron chi connectivity index (χ4n) is 2.50. The van der Waals surface area contributed by atoms with E-state index in [4.69, 9.17) is 0 Å². The molecule has 2 nitrogen and oxygen atoms in total. The number of rotatable bonds is 0. The van der Waals surface area contributed by atoms with Crippen LogP contribution in [0.1, 0.15) is 38.5 Å². The van der Waals surface area contributed by atoms with Crippen LogP contribution in [0.4, 0.5) is 0 Å². The lowest BCUT2D eigenvalue weighted by Gasteiger charge is -2.34. The predicted molar refractivity (Wildman–Crippen MR) is 46.9 cm³/mol. The highest BCUT2D eigenvalue weighted by molar-refractivity contribution is 5.18. The highest BCUT2D eigenvalue weighted by atomic mass is 16.3. The first-order valence-corrected chi connectivity index (χ1v) is 4.88. The average molecular weight is 168 g/mol. The van der Waals surface area contributed by atoms with Crippen molar-refractivity contribution in [3.8, 4) is 0 Å². The normalized spacial score (nSPS) is 36.4. The molecule has 68 valence electrons. The lowest BCUT2D eigenvalue weighted by atomic mass is 9.75. The van der Waals surface area contributed by atoms with Crippen LogP contribution in [0.15, 0.2) is 11.3 Å². The summed E-state index contributed by atoms with van der Waals surface area (Å²) in [5.74, 6) is 0.859. The summed E-state index contributed by atoms with van der Waals surface area (Å²) >= 11 is 0. The summed E-state index contributed by atoms with van der Waals surface area (Å²) in [6.45, 7) is 0. The Labute approximate surface area is 72.9 Å². The molecule has 2 N–H and O–H groups in total. The third-order valence-corrected chi connectivity index (χ3v) is 3.16. The molecular formula is C10H16O2. The van der Waals surface area contributed by atoms with Crippen molar-refractivity contribution in [2.45, 2.75) is 44.6 Å². The van der Waals surface area contributed by atoms with Crippen molar-refractivity contribution in [3.63, 3.8) is 0 Å². The zero-order valence-electron chi connectivity index (χ0n) is 7.29. The van der Waals surface area contributed by atoms with Crippen LogP contribution in [0.25, 0.3) is 0 Å². The molecule has 2 aliphatic rings. The van der Waals surface area contributed by atoms with Gasteiger partial charge in [-0.25, -0.2) is 0 Å². The van der Waals surface area contributed by atoms with Gasteiger partial charge in [-0.05, 0) is 37.7 Å². The zero-order chi connectivity index (χ0) is 8.55. The smallest absolute Gasteiger partial charge is 0.0918 e. The molecule has 2 aliphatic carbocycles. The minimum absolute atomic E-state index is 0.184. The van der Waals surface area contributed by atoms with E-state index < -0.39 is 0 Å². The van der Waals surface area contributed by atoms with Crippen molar-refractivity contribution in [1.82, 2.24) is 0 Å². The van der Waals surface area contributed by atoms with E-state index in [0.29, 0.717) is 5.76 Å². The van der Waals surface area contributed by atoms with E-state index in [0.717, 1.165) is 44.1 Å². The Hall–Kier alpha value is -0.500. The summed E-state index contributed by atoms with van der Waals surface area (Å²) in [5.41, 5.74) is 1.15. The van der Waals surface area contributed by atoms with E-state index >= 15 is 0 Å². The molecule has 0 heterocycles. The highest BCUT2D eigenvalue weighted by Crippen LogP contribution is 2.39. The molecular weight excluding hydrogens is 152 g/mol. The summed E-state index contributed by atoms with van der Waals surface area (Å²) in [6, 6.07) is 0. The summed E-state index contributed by atoms with van der Waals surface area (Å²) < 4.78 is 0. The second-order valence-electron chi connectivity index (χ2n) is 3.93. The predicted octanol–water partition coefficient (Wildman–Crippen LogP) is 2.14. The summed E-state index contributed by atoms with van der Waals surface area (Å²) in [7, 11) is 0. The van der Waals surface area contributed by atoms with Crippen LogP contribution in [-0.4, -0.2) is 16.3 Å². The van der Waals surface area contributed by atoms with Crippen molar-refractivity contribution >= 4 is 0 Å². The van der Waals surface area contributed by atoms with Crippen LogP contribution < -0.4 is 0 Å². The van der Waals surface area contributed by atoms with Gasteiger partial charge in [-0.1, -0.05) is 0 Å². The lowest BCUT2D eigenvalue weighted by Crippen LogP contribution is -2.29. The van der Waals surface area contributed by atoms with Gasteiger partial charge in [-0.2, -0.15) is 0 Å². The molecule has 0 spiro atoms. The maximum absolute atomic E-state index is 9.68. The monoisotopic (exact) mass is 168 g/mol. The van der Waals surface area contributed by atoms with Crippen LogP contribution in [-0.2, 0) is 0 Å². The first-order valence-electron chi connectivity index (χ1n) is 4.88. The minimum atomic E-state index is -0.184. The Morgan fingerprint density at radius 3 is 2.58 bits per heavy atom. The Morgan fingerprint density at radius 2 is 1.83 bits per heavy atom. The topological polar surface area (TPSA) is 40.5 Å². The highest BCUT2D eigenvalue weighted by Gasteiger charge is 2.31. The molecule has 12 heavy (non-hydrogen) atoms. The summed E-state index contributed by atoms with van der Waals surface area (Å²) in [6.07, 6.45) is 5.72. The van der Waals surface area contributed by atoms with Gasteiger partial charge in [-0.3, -0.25) is 0 Å². The van der Waals surface area contributed by atoms with Crippen molar-refractivity contribution in [3.05, 3.63) is 11.3 Å². The number of hydrogen-bond donors (Lipinski definition) is 2. The first kappa shape index (κ1) is 8.11. The number of fused-ring (bicyclic) bond motifs is 1. The van der Waals surface area contributed by atoms with Crippen LogP contribution in [0.2, 0.25) is 0 Å². The van der Waals surface area contributed by atoms with Crippen molar-refractivity contribution in [2.75, 3.05) is 0 Å². The van der Waals surface area contributed by atoms with Gasteiger partial charge in [0.2, 0.25) is 0 Å². The molecule has 0 aromatic rings. The largest absolute Gasteiger partial charge is 0.512 e. The molecule has 0 amide bonds. The second kappa shape index (κ2) is 3.09. The Bertz CT molecular complexity index is 208. The fraction of sp³-hybridized carbons (Fsp3) is 0.800. The van der Waals surface area contributed by atoms with Crippen LogP contribution in [0.5, 0.6) is 0 Å². The van der Waals surface area contributed by atoms with Crippen molar-refractivity contribution < 1.29 is 10.2 Å². The molecule has 0 radical (unpaired) electrons. The van der Waals surface area contributed by atoms with Gasteiger partial charge < -0.3 is 10.2 Å². The van der Waals surface area contributed by atoms with Crippen molar-refractivity contribution in [2.24, 2.45) is 5.92 Å². The Morgan fingerprint density at radius 1 is 1.08 bits per heavy atom. The summed E-state index contributed by atoms with van der Waals surface area (Å²) in [5, 5.41) is 19.3. The van der Waals surface area contributed by atoms with E-state index in [1.807, 2.05) is 0 Å². The fourth-order valence-corrected chi connectivity index (χ4v) is 2.50. The second-order valence-corrected chi connectivity index (χ2v) is 3.93. The van der Waals surface area contributed by atoms with E-state index in [1.54, 1.807) is 0 Å². The molecule has 2 rings (SSSR count). The number of allylic oxidation sites excluding steroid dienone is 1. The third-order valence-electron chi connectivity index (χ3n) is 3.16. The first-order chi connectivity index (χ1) is 5.79. The number of hydrogen-bond acceptors (Lipinski definition) is 2. The van der Waals surface area contributed by atoms with Gasteiger partial charge in [0, 0.05) is 12.3 Å². The maximum Gasteiger partial charge on any atom is 0.0918 e. The SMILES string of the molecule is OC1=C2CCCC(O)C2CCC1. The molecule has 0 aromatic heterocycles. The molecule has 1 fully saturated rings. The van der Waals surface area contributed by atoms with Gasteiger partial charge in [0.1, 0.15) is 0 Å². The molecule has 1 saturated carbocycles. The van der Waals surface area contributed by atoms with Gasteiger partial charge in [0.05, 0.1) is 11.9 Å². The van der Waals surface area contributed by atoms with E-state index in [2.05, 4.69) is 0 Å². The van der Waals surface area contributed by atoms with Gasteiger partial charge in [0.25, 0.3) is 0 Å². The van der Waals surface area contributed by atoms with Crippen molar-refractivity contribution in [1.29, 1.82) is 0 Å². The van der Waals surface area contributed by atoms with E-state index in [9.17, 15) is 10.2 Å². The van der Waals surface area contributed by atoms with Gasteiger partial charge >= 0.3 is 0 Å². The van der Waals surface area contributed by atoms with Crippen LogP contribution in [0.3, 0.4) is 0 Å². The Balaban J connectivity index is 2.23. The molecule has 0 aromatic carbocycles. The third kappa shape index (κ3) is 1.24. The molecule has 2 atom stereocenters. The van der Waals surface area contributed by atoms with Gasteiger partial charge in [-0.15, -0.1) is 0 Å². The number of aliphatic hydroxyl groups excluding tert-OH is 2. The standard InChI is InChI=1S/C10H16O2/c11-9-5-1-3-7-8(9)4-2-6-10(7)12/h7,10-12H,1-6H2. The zero-order valence-corrected chi connectivity index (χ0v) is 7.29. The molecule has 2 heteroatoms. The maximum atomic E-state index is 9.68. The average Bonchev–Trinajstić information content (AvgIpc) is 2.07. The quantitative estimate of drug-likeness (QED) is 0.581.